The van der Waals surface area contributed by atoms with Crippen molar-refractivity contribution in [2.45, 2.75) is 46.3 Å². The Kier molecular flexibility index (Phi) is 4.56. The van der Waals surface area contributed by atoms with Gasteiger partial charge in [0.15, 0.2) is 0 Å². The Balaban J connectivity index is 1.96. The maximum absolute atomic E-state index is 9.57. The van der Waals surface area contributed by atoms with Crippen molar-refractivity contribution in [1.29, 1.82) is 0 Å². The van der Waals surface area contributed by atoms with Gasteiger partial charge in [0.05, 0.1) is 18.8 Å². The molecule has 0 aromatic rings. The van der Waals surface area contributed by atoms with Crippen molar-refractivity contribution in [3.63, 3.8) is 0 Å². The van der Waals surface area contributed by atoms with E-state index in [4.69, 9.17) is 4.74 Å². The van der Waals surface area contributed by atoms with Crippen LogP contribution in [0.4, 0.5) is 0 Å². The molecule has 0 amide bonds. The van der Waals surface area contributed by atoms with E-state index >= 15 is 0 Å². The van der Waals surface area contributed by atoms with Crippen molar-refractivity contribution in [3.8, 4) is 0 Å². The number of rotatable bonds is 7. The van der Waals surface area contributed by atoms with Gasteiger partial charge in [0.1, 0.15) is 0 Å². The summed E-state index contributed by atoms with van der Waals surface area (Å²) in [5.74, 6) is 0.788. The van der Waals surface area contributed by atoms with Crippen LogP contribution in [0, 0.1) is 11.3 Å². The molecule has 1 aliphatic rings. The third kappa shape index (κ3) is 4.96. The Morgan fingerprint density at radius 1 is 1.47 bits per heavy atom. The molecular formula is C12H25NO2. The molecule has 0 bridgehead atoms. The number of hydrogen-bond acceptors (Lipinski definition) is 3. The van der Waals surface area contributed by atoms with Crippen LogP contribution in [0.5, 0.6) is 0 Å². The highest BCUT2D eigenvalue weighted by Gasteiger charge is 2.44. The molecular weight excluding hydrogens is 190 g/mol. The van der Waals surface area contributed by atoms with E-state index in [-0.39, 0.29) is 12.2 Å². The van der Waals surface area contributed by atoms with Crippen LogP contribution in [-0.2, 0) is 4.74 Å². The largest absolute Gasteiger partial charge is 0.389 e. The summed E-state index contributed by atoms with van der Waals surface area (Å²) in [5, 5.41) is 12.9. The topological polar surface area (TPSA) is 41.5 Å². The first-order valence-corrected chi connectivity index (χ1v) is 5.92. The molecule has 1 saturated carbocycles. The third-order valence-corrected chi connectivity index (χ3v) is 3.11. The highest BCUT2D eigenvalue weighted by molar-refractivity contribution is 4.96. The Morgan fingerprint density at radius 3 is 2.53 bits per heavy atom. The molecule has 3 heteroatoms. The predicted octanol–water partition coefficient (Wildman–Crippen LogP) is 1.41. The molecule has 0 spiro atoms. The molecule has 0 aromatic carbocycles. The molecule has 15 heavy (non-hydrogen) atoms. The average molecular weight is 215 g/mol. The maximum atomic E-state index is 9.57. The molecule has 0 saturated heterocycles. The number of aliphatic hydroxyl groups is 1. The van der Waals surface area contributed by atoms with Crippen molar-refractivity contribution in [2.24, 2.45) is 11.3 Å². The molecule has 2 N–H and O–H groups in total. The Labute approximate surface area is 93.2 Å². The van der Waals surface area contributed by atoms with Crippen LogP contribution < -0.4 is 5.32 Å². The van der Waals surface area contributed by atoms with Crippen LogP contribution in [0.15, 0.2) is 0 Å². The molecule has 1 fully saturated rings. The zero-order valence-electron chi connectivity index (χ0n) is 10.4. The summed E-state index contributed by atoms with van der Waals surface area (Å²) in [6.45, 7) is 10.6. The highest BCUT2D eigenvalue weighted by atomic mass is 16.5. The minimum absolute atomic E-state index is 0.196. The fraction of sp³-hybridized carbons (Fsp3) is 1.00. The molecule has 0 radical (unpaired) electrons. The molecule has 90 valence electrons. The first-order chi connectivity index (χ1) is 6.92. The van der Waals surface area contributed by atoms with E-state index in [2.05, 4.69) is 19.2 Å². The van der Waals surface area contributed by atoms with E-state index in [1.807, 2.05) is 13.8 Å². The van der Waals surface area contributed by atoms with E-state index in [9.17, 15) is 5.11 Å². The second-order valence-corrected chi connectivity index (χ2v) is 5.58. The number of aliphatic hydroxyl groups excluding tert-OH is 1. The summed E-state index contributed by atoms with van der Waals surface area (Å²) in [7, 11) is 0. The number of nitrogens with one attached hydrogen (secondary N) is 1. The highest BCUT2D eigenvalue weighted by Crippen LogP contribution is 2.50. The lowest BCUT2D eigenvalue weighted by molar-refractivity contribution is 0.00633. The quantitative estimate of drug-likeness (QED) is 0.674. The van der Waals surface area contributed by atoms with Crippen molar-refractivity contribution in [1.82, 2.24) is 5.32 Å². The third-order valence-electron chi connectivity index (χ3n) is 3.11. The van der Waals surface area contributed by atoms with Crippen LogP contribution in [0.3, 0.4) is 0 Å². The van der Waals surface area contributed by atoms with Crippen molar-refractivity contribution < 1.29 is 9.84 Å². The van der Waals surface area contributed by atoms with Crippen LogP contribution in [0.1, 0.15) is 34.1 Å². The number of ether oxygens (including phenoxy) is 1. The molecule has 0 aliphatic heterocycles. The summed E-state index contributed by atoms with van der Waals surface area (Å²) < 4.78 is 5.33. The first kappa shape index (κ1) is 12.9. The molecule has 2 unspecified atom stereocenters. The lowest BCUT2D eigenvalue weighted by Crippen LogP contribution is -2.32. The standard InChI is InChI=1S/C12H25NO2/c1-9(2)15-8-11(14)7-13-6-10-5-12(10,3)4/h9-11,13-14H,5-8H2,1-4H3. The Bertz CT molecular complexity index is 192. The van der Waals surface area contributed by atoms with Gasteiger partial charge in [0.25, 0.3) is 0 Å². The Hall–Kier alpha value is -0.120. The second kappa shape index (κ2) is 5.28. The van der Waals surface area contributed by atoms with E-state index in [0.717, 1.165) is 12.5 Å². The van der Waals surface area contributed by atoms with Crippen molar-refractivity contribution in [3.05, 3.63) is 0 Å². The van der Waals surface area contributed by atoms with Crippen molar-refractivity contribution >= 4 is 0 Å². The minimum Gasteiger partial charge on any atom is -0.389 e. The van der Waals surface area contributed by atoms with Gasteiger partial charge in [-0.1, -0.05) is 13.8 Å². The SMILES string of the molecule is CC(C)OCC(O)CNCC1CC1(C)C. The predicted molar refractivity (Wildman–Crippen MR) is 61.9 cm³/mol. The summed E-state index contributed by atoms with van der Waals surface area (Å²) in [6, 6.07) is 0. The lowest BCUT2D eigenvalue weighted by Gasteiger charge is -2.14. The molecule has 2 atom stereocenters. The molecule has 1 aliphatic carbocycles. The Morgan fingerprint density at radius 2 is 2.07 bits per heavy atom. The summed E-state index contributed by atoms with van der Waals surface area (Å²) in [4.78, 5) is 0. The first-order valence-electron chi connectivity index (χ1n) is 5.92. The summed E-state index contributed by atoms with van der Waals surface area (Å²) in [5.41, 5.74) is 0.520. The lowest BCUT2D eigenvalue weighted by atomic mass is 10.1. The smallest absolute Gasteiger partial charge is 0.0897 e. The monoisotopic (exact) mass is 215 g/mol. The van der Waals surface area contributed by atoms with Crippen LogP contribution in [-0.4, -0.2) is 37.0 Å². The normalized spacial score (nSPS) is 25.6. The molecule has 0 aromatic heterocycles. The zero-order chi connectivity index (χ0) is 11.5. The van der Waals surface area contributed by atoms with Gasteiger partial charge in [-0.3, -0.25) is 0 Å². The molecule has 1 rings (SSSR count). The maximum Gasteiger partial charge on any atom is 0.0897 e. The van der Waals surface area contributed by atoms with Crippen LogP contribution >= 0.6 is 0 Å². The fourth-order valence-corrected chi connectivity index (χ4v) is 1.71. The van der Waals surface area contributed by atoms with Crippen molar-refractivity contribution in [2.75, 3.05) is 19.7 Å². The van der Waals surface area contributed by atoms with Gasteiger partial charge in [0.2, 0.25) is 0 Å². The zero-order valence-corrected chi connectivity index (χ0v) is 10.4. The summed E-state index contributed by atoms with van der Waals surface area (Å²) in [6.07, 6.45) is 1.12. The minimum atomic E-state index is -0.380. The molecule has 3 nitrogen and oxygen atoms in total. The second-order valence-electron chi connectivity index (χ2n) is 5.58. The van der Waals surface area contributed by atoms with Gasteiger partial charge >= 0.3 is 0 Å². The average Bonchev–Trinajstić information content (AvgIpc) is 2.71. The van der Waals surface area contributed by atoms with Gasteiger partial charge in [-0.25, -0.2) is 0 Å². The van der Waals surface area contributed by atoms with E-state index in [1.54, 1.807) is 0 Å². The van der Waals surface area contributed by atoms with Gasteiger partial charge in [0, 0.05) is 6.54 Å². The van der Waals surface area contributed by atoms with Gasteiger partial charge < -0.3 is 15.2 Å². The van der Waals surface area contributed by atoms with Gasteiger partial charge in [-0.15, -0.1) is 0 Å². The van der Waals surface area contributed by atoms with Crippen LogP contribution in [0.25, 0.3) is 0 Å². The summed E-state index contributed by atoms with van der Waals surface area (Å²) >= 11 is 0. The van der Waals surface area contributed by atoms with Crippen LogP contribution in [0.2, 0.25) is 0 Å². The fourth-order valence-electron chi connectivity index (χ4n) is 1.71. The van der Waals surface area contributed by atoms with Gasteiger partial charge in [-0.2, -0.15) is 0 Å². The number of hydrogen-bond donors (Lipinski definition) is 2. The molecule has 0 heterocycles. The van der Waals surface area contributed by atoms with Gasteiger partial charge in [-0.05, 0) is 38.1 Å². The van der Waals surface area contributed by atoms with E-state index in [0.29, 0.717) is 18.6 Å². The van der Waals surface area contributed by atoms with E-state index in [1.165, 1.54) is 6.42 Å². The van der Waals surface area contributed by atoms with E-state index < -0.39 is 0 Å².